The van der Waals surface area contributed by atoms with E-state index in [1.54, 1.807) is 30.3 Å². The average molecular weight is 265 g/mol. The van der Waals surface area contributed by atoms with Crippen LogP contribution in [0.25, 0.3) is 0 Å². The zero-order valence-corrected chi connectivity index (χ0v) is 10.7. The molecular formula is C12H13ClN4O. The number of hydrogen-bond acceptors (Lipinski definition) is 4. The van der Waals surface area contributed by atoms with E-state index in [9.17, 15) is 4.79 Å². The molecule has 1 aromatic rings. The van der Waals surface area contributed by atoms with Crippen LogP contribution in [0.5, 0.6) is 0 Å². The van der Waals surface area contributed by atoms with Crippen molar-refractivity contribution < 1.29 is 4.79 Å². The summed E-state index contributed by atoms with van der Waals surface area (Å²) in [6, 6.07) is 8.51. The Morgan fingerprint density at radius 3 is 2.67 bits per heavy atom. The molecular weight excluding hydrogens is 252 g/mol. The fraction of sp³-hybridized carbons (Fsp3) is 0.250. The molecule has 0 radical (unpaired) electrons. The van der Waals surface area contributed by atoms with E-state index >= 15 is 0 Å². The molecule has 6 heteroatoms. The Balaban J connectivity index is 2.66. The van der Waals surface area contributed by atoms with Crippen molar-refractivity contribution in [2.45, 2.75) is 13.3 Å². The van der Waals surface area contributed by atoms with Gasteiger partial charge in [-0.1, -0.05) is 18.5 Å². The number of hydrazone groups is 1. The third-order valence-electron chi connectivity index (χ3n) is 2.00. The van der Waals surface area contributed by atoms with Crippen molar-refractivity contribution in [2.24, 2.45) is 5.10 Å². The maximum Gasteiger partial charge on any atom is 0.282 e. The van der Waals surface area contributed by atoms with Gasteiger partial charge >= 0.3 is 0 Å². The van der Waals surface area contributed by atoms with Crippen LogP contribution < -0.4 is 10.7 Å². The summed E-state index contributed by atoms with van der Waals surface area (Å²) in [6.07, 6.45) is 0.801. The molecule has 0 saturated heterocycles. The second kappa shape index (κ2) is 7.30. The number of rotatable bonds is 5. The molecule has 1 rings (SSSR count). The smallest absolute Gasteiger partial charge is 0.282 e. The molecule has 0 aliphatic heterocycles. The molecule has 2 N–H and O–H groups in total. The van der Waals surface area contributed by atoms with E-state index in [-0.39, 0.29) is 5.71 Å². The van der Waals surface area contributed by atoms with Crippen molar-refractivity contribution in [3.8, 4) is 6.07 Å². The lowest BCUT2D eigenvalue weighted by Crippen LogP contribution is -2.31. The molecule has 94 valence electrons. The predicted molar refractivity (Wildman–Crippen MR) is 71.4 cm³/mol. The predicted octanol–water partition coefficient (Wildman–Crippen LogP) is 2.16. The SMILES string of the molecule is CCCNC(=O)/C(C#N)=N/Nc1ccc(Cl)cc1. The van der Waals surface area contributed by atoms with Crippen LogP contribution in [-0.2, 0) is 4.79 Å². The third kappa shape index (κ3) is 4.44. The molecule has 0 aliphatic rings. The van der Waals surface area contributed by atoms with E-state index in [1.807, 2.05) is 6.92 Å². The Morgan fingerprint density at radius 1 is 1.44 bits per heavy atom. The molecule has 0 atom stereocenters. The summed E-state index contributed by atoms with van der Waals surface area (Å²) < 4.78 is 0. The van der Waals surface area contributed by atoms with Crippen LogP contribution in [0.15, 0.2) is 29.4 Å². The van der Waals surface area contributed by atoms with Gasteiger partial charge in [0.05, 0.1) is 5.69 Å². The van der Waals surface area contributed by atoms with Crippen molar-refractivity contribution in [3.63, 3.8) is 0 Å². The van der Waals surface area contributed by atoms with Crippen LogP contribution in [-0.4, -0.2) is 18.2 Å². The van der Waals surface area contributed by atoms with Gasteiger partial charge in [0.2, 0.25) is 5.71 Å². The van der Waals surface area contributed by atoms with Gasteiger partial charge in [0, 0.05) is 11.6 Å². The Kier molecular flexibility index (Phi) is 5.68. The first-order valence-corrected chi connectivity index (χ1v) is 5.82. The number of nitrogens with zero attached hydrogens (tertiary/aromatic N) is 2. The lowest BCUT2D eigenvalue weighted by atomic mass is 10.3. The average Bonchev–Trinajstić information content (AvgIpc) is 2.39. The van der Waals surface area contributed by atoms with Crippen molar-refractivity contribution in [1.29, 1.82) is 5.26 Å². The van der Waals surface area contributed by atoms with Gasteiger partial charge in [-0.25, -0.2) is 0 Å². The summed E-state index contributed by atoms with van der Waals surface area (Å²) in [5.74, 6) is -0.485. The molecule has 0 spiro atoms. The molecule has 0 aromatic heterocycles. The van der Waals surface area contributed by atoms with E-state index in [4.69, 9.17) is 16.9 Å². The second-order valence-corrected chi connectivity index (χ2v) is 3.88. The van der Waals surface area contributed by atoms with E-state index in [0.29, 0.717) is 17.3 Å². The number of halogens is 1. The van der Waals surface area contributed by atoms with Gasteiger partial charge in [-0.3, -0.25) is 10.2 Å². The highest BCUT2D eigenvalue weighted by Crippen LogP contribution is 2.13. The largest absolute Gasteiger partial charge is 0.350 e. The van der Waals surface area contributed by atoms with Crippen LogP contribution in [0.2, 0.25) is 5.02 Å². The molecule has 0 fully saturated rings. The number of carbonyl (C=O) groups excluding carboxylic acids is 1. The topological polar surface area (TPSA) is 77.3 Å². The van der Waals surface area contributed by atoms with Gasteiger partial charge in [-0.05, 0) is 30.7 Å². The van der Waals surface area contributed by atoms with E-state index in [1.165, 1.54) is 0 Å². The summed E-state index contributed by atoms with van der Waals surface area (Å²) in [5.41, 5.74) is 3.06. The number of nitrogens with one attached hydrogen (secondary N) is 2. The van der Waals surface area contributed by atoms with Gasteiger partial charge in [0.25, 0.3) is 5.91 Å². The van der Waals surface area contributed by atoms with E-state index in [2.05, 4.69) is 15.8 Å². The fourth-order valence-corrected chi connectivity index (χ4v) is 1.22. The Labute approximate surface area is 110 Å². The number of benzene rings is 1. The quantitative estimate of drug-likeness (QED) is 0.632. The molecule has 0 heterocycles. The number of anilines is 1. The van der Waals surface area contributed by atoms with Crippen molar-refractivity contribution in [1.82, 2.24) is 5.32 Å². The van der Waals surface area contributed by atoms with Crippen molar-refractivity contribution in [2.75, 3.05) is 12.0 Å². The Hall–Kier alpha value is -2.06. The maximum absolute atomic E-state index is 11.5. The minimum Gasteiger partial charge on any atom is -0.350 e. The normalized spacial score (nSPS) is 10.6. The number of carbonyl (C=O) groups is 1. The van der Waals surface area contributed by atoms with Crippen LogP contribution in [0.1, 0.15) is 13.3 Å². The molecule has 0 bridgehead atoms. The molecule has 5 nitrogen and oxygen atoms in total. The highest BCUT2D eigenvalue weighted by Gasteiger charge is 2.09. The summed E-state index contributed by atoms with van der Waals surface area (Å²) >= 11 is 5.73. The Bertz CT molecular complexity index is 476. The van der Waals surface area contributed by atoms with Crippen LogP contribution in [0.3, 0.4) is 0 Å². The molecule has 1 aromatic carbocycles. The third-order valence-corrected chi connectivity index (χ3v) is 2.25. The molecule has 1 amide bonds. The van der Waals surface area contributed by atoms with Crippen LogP contribution in [0, 0.1) is 11.3 Å². The lowest BCUT2D eigenvalue weighted by molar-refractivity contribution is -0.114. The molecule has 18 heavy (non-hydrogen) atoms. The van der Waals surface area contributed by atoms with E-state index < -0.39 is 5.91 Å². The van der Waals surface area contributed by atoms with Crippen LogP contribution >= 0.6 is 11.6 Å². The number of nitriles is 1. The van der Waals surface area contributed by atoms with Crippen molar-refractivity contribution in [3.05, 3.63) is 29.3 Å². The number of hydrogen-bond donors (Lipinski definition) is 2. The van der Waals surface area contributed by atoms with Gasteiger partial charge in [-0.2, -0.15) is 10.4 Å². The first kappa shape index (κ1) is 14.0. The monoisotopic (exact) mass is 264 g/mol. The summed E-state index contributed by atoms with van der Waals surface area (Å²) in [5, 5.41) is 15.7. The van der Waals surface area contributed by atoms with Crippen molar-refractivity contribution >= 4 is 28.9 Å². The Morgan fingerprint density at radius 2 is 2.11 bits per heavy atom. The lowest BCUT2D eigenvalue weighted by Gasteiger charge is -2.02. The highest BCUT2D eigenvalue weighted by atomic mass is 35.5. The zero-order chi connectivity index (χ0) is 13.4. The minimum absolute atomic E-state index is 0.210. The van der Waals surface area contributed by atoms with Crippen LogP contribution in [0.4, 0.5) is 5.69 Å². The van der Waals surface area contributed by atoms with Gasteiger partial charge in [-0.15, -0.1) is 0 Å². The first-order chi connectivity index (χ1) is 8.67. The highest BCUT2D eigenvalue weighted by molar-refractivity contribution is 6.45. The summed E-state index contributed by atoms with van der Waals surface area (Å²) in [7, 11) is 0. The number of amides is 1. The van der Waals surface area contributed by atoms with E-state index in [0.717, 1.165) is 6.42 Å². The maximum atomic E-state index is 11.5. The molecule has 0 saturated carbocycles. The molecule has 0 unspecified atom stereocenters. The van der Waals surface area contributed by atoms with Gasteiger partial charge in [0.1, 0.15) is 6.07 Å². The summed E-state index contributed by atoms with van der Waals surface area (Å²) in [4.78, 5) is 11.5. The minimum atomic E-state index is -0.485. The first-order valence-electron chi connectivity index (χ1n) is 5.45. The van der Waals surface area contributed by atoms with Gasteiger partial charge < -0.3 is 5.32 Å². The fourth-order valence-electron chi connectivity index (χ4n) is 1.09. The van der Waals surface area contributed by atoms with Gasteiger partial charge in [0.15, 0.2) is 0 Å². The molecule has 0 aliphatic carbocycles. The second-order valence-electron chi connectivity index (χ2n) is 3.45. The summed E-state index contributed by atoms with van der Waals surface area (Å²) in [6.45, 7) is 2.44. The standard InChI is InChI=1S/C12H13ClN4O/c1-2-7-15-12(18)11(8-14)17-16-10-5-3-9(13)4-6-10/h3-6,16H,2,7H2,1H3,(H,15,18)/b17-11+. The zero-order valence-electron chi connectivity index (χ0n) is 9.90.